The Balaban J connectivity index is 1.63. The highest BCUT2D eigenvalue weighted by atomic mass is 19.1. The molecule has 3 heterocycles. The molecule has 3 aromatic heterocycles. The van der Waals surface area contributed by atoms with E-state index in [1.165, 1.54) is 16.8 Å². The van der Waals surface area contributed by atoms with E-state index in [-0.39, 0.29) is 5.82 Å². The number of anilines is 2. The fourth-order valence-electron chi connectivity index (χ4n) is 3.51. The topological polar surface area (TPSA) is 104 Å². The number of ether oxygens (including phenoxy) is 1. The Morgan fingerprint density at radius 3 is 2.52 bits per heavy atom. The lowest BCUT2D eigenvalue weighted by molar-refractivity contribution is 0.415. The molecular formula is C24H20FN7O. The summed E-state index contributed by atoms with van der Waals surface area (Å²) < 4.78 is 20.2. The molecule has 33 heavy (non-hydrogen) atoms. The number of rotatable bonds is 6. The van der Waals surface area contributed by atoms with Crippen LogP contribution in [-0.4, -0.2) is 31.8 Å². The van der Waals surface area contributed by atoms with Crippen LogP contribution in [-0.2, 0) is 6.54 Å². The summed E-state index contributed by atoms with van der Waals surface area (Å²) in [5, 5.41) is 8.43. The number of halogens is 1. The molecule has 0 aliphatic rings. The number of aromatic nitrogens is 5. The van der Waals surface area contributed by atoms with Crippen LogP contribution in [0.1, 0.15) is 5.56 Å². The van der Waals surface area contributed by atoms with Gasteiger partial charge in [0.05, 0.1) is 23.9 Å². The highest BCUT2D eigenvalue weighted by molar-refractivity contribution is 5.99. The van der Waals surface area contributed by atoms with Crippen LogP contribution in [0, 0.1) is 5.82 Å². The molecule has 0 fully saturated rings. The molecule has 0 radical (unpaired) electrons. The van der Waals surface area contributed by atoms with Crippen LogP contribution in [0.25, 0.3) is 28.0 Å². The third kappa shape index (κ3) is 4.03. The first-order valence-electron chi connectivity index (χ1n) is 10.2. The van der Waals surface area contributed by atoms with Gasteiger partial charge in [-0.05, 0) is 60.2 Å². The van der Waals surface area contributed by atoms with E-state index in [0.29, 0.717) is 40.7 Å². The van der Waals surface area contributed by atoms with E-state index < -0.39 is 0 Å². The van der Waals surface area contributed by atoms with Crippen LogP contribution in [0.3, 0.4) is 0 Å². The average Bonchev–Trinajstić information content (AvgIpc) is 3.19. The maximum Gasteiger partial charge on any atom is 0.225 e. The number of nitrogen functional groups attached to an aromatic ring is 1. The van der Waals surface area contributed by atoms with Gasteiger partial charge in [-0.1, -0.05) is 6.07 Å². The third-order valence-corrected chi connectivity index (χ3v) is 5.18. The predicted molar refractivity (Wildman–Crippen MR) is 125 cm³/mol. The normalized spacial score (nSPS) is 11.0. The van der Waals surface area contributed by atoms with Gasteiger partial charge in [-0.25, -0.2) is 14.1 Å². The van der Waals surface area contributed by atoms with Crippen LogP contribution in [0.5, 0.6) is 5.75 Å². The van der Waals surface area contributed by atoms with Crippen molar-refractivity contribution in [2.24, 2.45) is 0 Å². The van der Waals surface area contributed by atoms with E-state index in [4.69, 9.17) is 15.5 Å². The lowest BCUT2D eigenvalue weighted by Gasteiger charge is -2.09. The SMILES string of the molecule is COc1ccc(-c2nc(NCc3cccnc3)nc3nn(-c4ccc(F)cc4)c(N)c23)cc1. The van der Waals surface area contributed by atoms with E-state index in [2.05, 4.69) is 20.4 Å². The van der Waals surface area contributed by atoms with E-state index in [0.717, 1.165) is 16.9 Å². The summed E-state index contributed by atoms with van der Waals surface area (Å²) in [6.07, 6.45) is 3.50. The van der Waals surface area contributed by atoms with E-state index in [1.54, 1.807) is 31.6 Å². The van der Waals surface area contributed by atoms with Gasteiger partial charge in [-0.15, -0.1) is 5.10 Å². The van der Waals surface area contributed by atoms with Crippen molar-refractivity contribution in [2.45, 2.75) is 6.54 Å². The Labute approximate surface area is 188 Å². The number of nitrogens with two attached hydrogens (primary N) is 1. The van der Waals surface area contributed by atoms with Gasteiger partial charge in [0.25, 0.3) is 0 Å². The van der Waals surface area contributed by atoms with Gasteiger partial charge >= 0.3 is 0 Å². The first kappa shape index (κ1) is 20.4. The van der Waals surface area contributed by atoms with Crippen LogP contribution in [0.2, 0.25) is 0 Å². The maximum absolute atomic E-state index is 13.4. The second-order valence-corrected chi connectivity index (χ2v) is 7.31. The average molecular weight is 441 g/mol. The largest absolute Gasteiger partial charge is 0.497 e. The number of fused-ring (bicyclic) bond motifs is 1. The summed E-state index contributed by atoms with van der Waals surface area (Å²) in [6, 6.07) is 17.3. The molecule has 0 spiro atoms. The number of nitrogens with zero attached hydrogens (tertiary/aromatic N) is 5. The molecule has 5 rings (SSSR count). The van der Waals surface area contributed by atoms with Crippen LogP contribution in [0.15, 0.2) is 73.1 Å². The summed E-state index contributed by atoms with van der Waals surface area (Å²) in [4.78, 5) is 13.5. The second kappa shape index (κ2) is 8.54. The number of hydrogen-bond donors (Lipinski definition) is 2. The van der Waals surface area contributed by atoms with Gasteiger partial charge in [0, 0.05) is 24.5 Å². The number of benzene rings is 2. The molecule has 2 aromatic carbocycles. The minimum Gasteiger partial charge on any atom is -0.497 e. The molecule has 0 saturated carbocycles. The molecular weight excluding hydrogens is 421 g/mol. The number of pyridine rings is 1. The molecule has 0 bridgehead atoms. The summed E-state index contributed by atoms with van der Waals surface area (Å²) in [5.41, 5.74) is 9.98. The highest BCUT2D eigenvalue weighted by Crippen LogP contribution is 2.33. The molecule has 0 aliphatic heterocycles. The van der Waals surface area contributed by atoms with E-state index in [1.807, 2.05) is 36.4 Å². The molecule has 0 aliphatic carbocycles. The van der Waals surface area contributed by atoms with Gasteiger partial charge in [-0.3, -0.25) is 4.98 Å². The molecule has 5 aromatic rings. The van der Waals surface area contributed by atoms with Crippen molar-refractivity contribution in [2.75, 3.05) is 18.2 Å². The zero-order valence-corrected chi connectivity index (χ0v) is 17.7. The Hall–Kier alpha value is -4.53. The number of nitrogens with one attached hydrogen (secondary N) is 1. The number of methoxy groups -OCH3 is 1. The van der Waals surface area contributed by atoms with Gasteiger partial charge < -0.3 is 15.8 Å². The smallest absolute Gasteiger partial charge is 0.225 e. The summed E-state index contributed by atoms with van der Waals surface area (Å²) in [6.45, 7) is 0.496. The lowest BCUT2D eigenvalue weighted by Crippen LogP contribution is -2.05. The van der Waals surface area contributed by atoms with Gasteiger partial charge in [0.15, 0.2) is 5.65 Å². The van der Waals surface area contributed by atoms with Crippen molar-refractivity contribution in [1.82, 2.24) is 24.7 Å². The van der Waals surface area contributed by atoms with Crippen LogP contribution >= 0.6 is 0 Å². The standard InChI is InChI=1S/C24H20FN7O/c1-33-19-10-4-16(5-11-19)21-20-22(26)32(18-8-6-17(25)7-9-18)31-23(20)30-24(29-21)28-14-15-3-2-12-27-13-15/h2-13H,14,26H2,1H3,(H,28,30,31). The molecule has 164 valence electrons. The summed E-state index contributed by atoms with van der Waals surface area (Å²) in [5.74, 6) is 1.16. The van der Waals surface area contributed by atoms with Crippen molar-refractivity contribution in [3.63, 3.8) is 0 Å². The quantitative estimate of drug-likeness (QED) is 0.407. The first-order chi connectivity index (χ1) is 16.1. The monoisotopic (exact) mass is 441 g/mol. The first-order valence-corrected chi connectivity index (χ1v) is 10.2. The Morgan fingerprint density at radius 2 is 1.82 bits per heavy atom. The fourth-order valence-corrected chi connectivity index (χ4v) is 3.51. The Morgan fingerprint density at radius 1 is 1.03 bits per heavy atom. The maximum atomic E-state index is 13.4. The van der Waals surface area contributed by atoms with Gasteiger partial charge in [0.1, 0.15) is 17.4 Å². The van der Waals surface area contributed by atoms with Crippen molar-refractivity contribution in [3.05, 3.63) is 84.4 Å². The van der Waals surface area contributed by atoms with Gasteiger partial charge in [-0.2, -0.15) is 4.98 Å². The molecule has 0 saturated heterocycles. The molecule has 3 N–H and O–H groups in total. The third-order valence-electron chi connectivity index (χ3n) is 5.18. The molecule has 0 amide bonds. The summed E-state index contributed by atoms with van der Waals surface area (Å²) >= 11 is 0. The van der Waals surface area contributed by atoms with Crippen molar-refractivity contribution in [3.8, 4) is 22.7 Å². The molecule has 8 nitrogen and oxygen atoms in total. The van der Waals surface area contributed by atoms with Gasteiger partial charge in [0.2, 0.25) is 5.95 Å². The lowest BCUT2D eigenvalue weighted by atomic mass is 10.1. The summed E-state index contributed by atoms with van der Waals surface area (Å²) in [7, 11) is 1.61. The molecule has 0 atom stereocenters. The van der Waals surface area contributed by atoms with Crippen molar-refractivity contribution in [1.29, 1.82) is 0 Å². The Kier molecular flexibility index (Phi) is 5.27. The van der Waals surface area contributed by atoms with E-state index in [9.17, 15) is 4.39 Å². The second-order valence-electron chi connectivity index (χ2n) is 7.31. The zero-order chi connectivity index (χ0) is 22.8. The minimum atomic E-state index is -0.338. The van der Waals surface area contributed by atoms with Crippen molar-refractivity contribution < 1.29 is 9.13 Å². The predicted octanol–water partition coefficient (Wildman–Crippen LogP) is 4.22. The Bertz CT molecular complexity index is 1400. The zero-order valence-electron chi connectivity index (χ0n) is 17.7. The highest BCUT2D eigenvalue weighted by Gasteiger charge is 2.19. The number of hydrogen-bond acceptors (Lipinski definition) is 7. The molecule has 9 heteroatoms. The fraction of sp³-hybridized carbons (Fsp3) is 0.0833. The van der Waals surface area contributed by atoms with Crippen LogP contribution < -0.4 is 15.8 Å². The molecule has 0 unspecified atom stereocenters. The minimum absolute atomic E-state index is 0.338. The van der Waals surface area contributed by atoms with Crippen LogP contribution in [0.4, 0.5) is 16.2 Å². The van der Waals surface area contributed by atoms with E-state index >= 15 is 0 Å². The van der Waals surface area contributed by atoms with Crippen molar-refractivity contribution >= 4 is 22.8 Å².